The summed E-state index contributed by atoms with van der Waals surface area (Å²) in [5.41, 5.74) is 4.21. The number of hydrogen-bond acceptors (Lipinski definition) is 6. The fourth-order valence-electron chi connectivity index (χ4n) is 4.08. The fourth-order valence-corrected chi connectivity index (χ4v) is 4.08. The van der Waals surface area contributed by atoms with Gasteiger partial charge in [-0.25, -0.2) is 0 Å². The summed E-state index contributed by atoms with van der Waals surface area (Å²) >= 11 is 0. The van der Waals surface area contributed by atoms with Crippen molar-refractivity contribution in [3.05, 3.63) is 102 Å². The van der Waals surface area contributed by atoms with E-state index >= 15 is 0 Å². The molecule has 192 valence electrons. The van der Waals surface area contributed by atoms with Crippen molar-refractivity contribution in [1.82, 2.24) is 5.32 Å². The molecular weight excluding hydrogens is 464 g/mol. The van der Waals surface area contributed by atoms with Gasteiger partial charge in [-0.2, -0.15) is 0 Å². The van der Waals surface area contributed by atoms with Crippen LogP contribution in [0.4, 0.5) is 11.4 Å². The second-order valence-corrected chi connectivity index (χ2v) is 8.56. The number of benzene rings is 4. The first kappa shape index (κ1) is 25.9. The van der Waals surface area contributed by atoms with E-state index in [0.717, 1.165) is 59.3 Å². The van der Waals surface area contributed by atoms with Crippen LogP contribution in [0.15, 0.2) is 91.0 Å². The zero-order valence-electron chi connectivity index (χ0n) is 21.6. The van der Waals surface area contributed by atoms with Crippen molar-refractivity contribution in [1.29, 1.82) is 0 Å². The Kier molecular flexibility index (Phi) is 9.27. The molecule has 0 atom stereocenters. The fraction of sp³-hybridized carbons (Fsp3) is 0.226. The van der Waals surface area contributed by atoms with Gasteiger partial charge in [-0.05, 0) is 61.3 Å². The molecule has 0 saturated carbocycles. The van der Waals surface area contributed by atoms with Crippen molar-refractivity contribution in [2.45, 2.75) is 19.4 Å². The highest BCUT2D eigenvalue weighted by Gasteiger charge is 2.14. The Morgan fingerprint density at radius 1 is 0.622 bits per heavy atom. The van der Waals surface area contributed by atoms with Gasteiger partial charge in [-0.15, -0.1) is 0 Å². The Morgan fingerprint density at radius 3 is 2.00 bits per heavy atom. The lowest BCUT2D eigenvalue weighted by Crippen LogP contribution is -2.16. The average Bonchev–Trinajstić information content (AvgIpc) is 2.94. The number of ether oxygens (including phenoxy) is 4. The van der Waals surface area contributed by atoms with Crippen LogP contribution in [0.25, 0.3) is 0 Å². The monoisotopic (exact) mass is 498 g/mol. The summed E-state index contributed by atoms with van der Waals surface area (Å²) in [6.45, 7) is 1.50. The number of hydrogen-bond donors (Lipinski definition) is 2. The summed E-state index contributed by atoms with van der Waals surface area (Å²) in [5.74, 6) is 3.68. The van der Waals surface area contributed by atoms with E-state index in [1.54, 1.807) is 21.3 Å². The maximum absolute atomic E-state index is 6.18. The Labute approximate surface area is 219 Å². The molecule has 0 amide bonds. The van der Waals surface area contributed by atoms with E-state index in [9.17, 15) is 0 Å². The van der Waals surface area contributed by atoms with Gasteiger partial charge in [-0.1, -0.05) is 36.4 Å². The molecule has 0 fully saturated rings. The third-order valence-corrected chi connectivity index (χ3v) is 5.99. The second-order valence-electron chi connectivity index (χ2n) is 8.56. The molecule has 0 aliphatic carbocycles. The van der Waals surface area contributed by atoms with E-state index in [0.29, 0.717) is 12.3 Å². The number of anilines is 2. The first-order chi connectivity index (χ1) is 18.2. The molecule has 0 aliphatic heterocycles. The van der Waals surface area contributed by atoms with Gasteiger partial charge in [-0.3, -0.25) is 0 Å². The van der Waals surface area contributed by atoms with Crippen LogP contribution < -0.4 is 29.6 Å². The molecule has 4 aromatic rings. The maximum atomic E-state index is 6.18. The van der Waals surface area contributed by atoms with Crippen LogP contribution in [0, 0.1) is 0 Å². The van der Waals surface area contributed by atoms with Crippen molar-refractivity contribution in [2.24, 2.45) is 0 Å². The molecule has 0 bridgehead atoms. The summed E-state index contributed by atoms with van der Waals surface area (Å²) in [5, 5.41) is 6.90. The standard InChI is InChI=1S/C31H34N2O4/c1-34-26-16-14-23(15-17-26)9-8-18-32-22-29-30(35-2)20-28(21-31(29)36-3)37-27-13-7-12-25(19-27)33-24-10-5-4-6-11-24/h4-7,10-17,19-21,32-33H,8-9,18,22H2,1-3H3. The molecular formula is C31H34N2O4. The van der Waals surface area contributed by atoms with Crippen molar-refractivity contribution >= 4 is 11.4 Å². The molecule has 4 aromatic carbocycles. The first-order valence-corrected chi connectivity index (χ1v) is 12.4. The van der Waals surface area contributed by atoms with E-state index in [1.165, 1.54) is 5.56 Å². The predicted octanol–water partition coefficient (Wildman–Crippen LogP) is 6.97. The molecule has 2 N–H and O–H groups in total. The Morgan fingerprint density at radius 2 is 1.32 bits per heavy atom. The number of methoxy groups -OCH3 is 3. The number of rotatable bonds is 13. The SMILES string of the molecule is COc1ccc(CCCNCc2c(OC)cc(Oc3cccc(Nc4ccccc4)c3)cc2OC)cc1. The van der Waals surface area contributed by atoms with Crippen molar-refractivity contribution in [3.8, 4) is 28.7 Å². The number of aryl methyl sites for hydroxylation is 1. The molecule has 0 spiro atoms. The third kappa shape index (κ3) is 7.41. The zero-order chi connectivity index (χ0) is 25.9. The summed E-state index contributed by atoms with van der Waals surface area (Å²) in [4.78, 5) is 0. The molecule has 4 rings (SSSR count). The van der Waals surface area contributed by atoms with Crippen molar-refractivity contribution in [3.63, 3.8) is 0 Å². The van der Waals surface area contributed by atoms with Crippen LogP contribution in [0.5, 0.6) is 28.7 Å². The van der Waals surface area contributed by atoms with E-state index in [4.69, 9.17) is 18.9 Å². The lowest BCUT2D eigenvalue weighted by atomic mass is 10.1. The zero-order valence-corrected chi connectivity index (χ0v) is 21.6. The Bertz CT molecular complexity index is 1230. The molecule has 0 aliphatic rings. The first-order valence-electron chi connectivity index (χ1n) is 12.4. The van der Waals surface area contributed by atoms with Gasteiger partial charge >= 0.3 is 0 Å². The van der Waals surface area contributed by atoms with E-state index in [1.807, 2.05) is 78.9 Å². The summed E-state index contributed by atoms with van der Waals surface area (Å²) in [6.07, 6.45) is 2.02. The highest BCUT2D eigenvalue weighted by atomic mass is 16.5. The normalized spacial score (nSPS) is 10.6. The van der Waals surface area contributed by atoms with Gasteiger partial charge in [0, 0.05) is 36.1 Å². The molecule has 0 heterocycles. The lowest BCUT2D eigenvalue weighted by molar-refractivity contribution is 0.375. The van der Waals surface area contributed by atoms with Gasteiger partial charge in [0.15, 0.2) is 0 Å². The summed E-state index contributed by atoms with van der Waals surface area (Å²) in [6, 6.07) is 29.9. The predicted molar refractivity (Wildman–Crippen MR) is 149 cm³/mol. The van der Waals surface area contributed by atoms with Crippen LogP contribution in [-0.2, 0) is 13.0 Å². The van der Waals surface area contributed by atoms with Gasteiger partial charge in [0.1, 0.15) is 28.7 Å². The van der Waals surface area contributed by atoms with E-state index in [-0.39, 0.29) is 0 Å². The smallest absolute Gasteiger partial charge is 0.134 e. The average molecular weight is 499 g/mol. The van der Waals surface area contributed by atoms with Gasteiger partial charge < -0.3 is 29.6 Å². The van der Waals surface area contributed by atoms with Gasteiger partial charge in [0.25, 0.3) is 0 Å². The number of nitrogens with one attached hydrogen (secondary N) is 2. The third-order valence-electron chi connectivity index (χ3n) is 5.99. The highest BCUT2D eigenvalue weighted by molar-refractivity contribution is 5.61. The minimum Gasteiger partial charge on any atom is -0.497 e. The Hall–Kier alpha value is -4.16. The van der Waals surface area contributed by atoms with E-state index in [2.05, 4.69) is 22.8 Å². The topological polar surface area (TPSA) is 61.0 Å². The molecule has 6 nitrogen and oxygen atoms in total. The number of para-hydroxylation sites is 1. The molecule has 0 unspecified atom stereocenters. The highest BCUT2D eigenvalue weighted by Crippen LogP contribution is 2.36. The van der Waals surface area contributed by atoms with Gasteiger partial charge in [0.2, 0.25) is 0 Å². The quantitative estimate of drug-likeness (QED) is 0.194. The minimum atomic E-state index is 0.631. The molecule has 0 saturated heterocycles. The molecule has 6 heteroatoms. The van der Waals surface area contributed by atoms with Crippen molar-refractivity contribution in [2.75, 3.05) is 33.2 Å². The van der Waals surface area contributed by atoms with Crippen molar-refractivity contribution < 1.29 is 18.9 Å². The lowest BCUT2D eigenvalue weighted by Gasteiger charge is -2.17. The van der Waals surface area contributed by atoms with Crippen LogP contribution in [-0.4, -0.2) is 27.9 Å². The second kappa shape index (κ2) is 13.2. The van der Waals surface area contributed by atoms with Crippen LogP contribution >= 0.6 is 0 Å². The maximum Gasteiger partial charge on any atom is 0.134 e. The van der Waals surface area contributed by atoms with Gasteiger partial charge in [0.05, 0.1) is 26.9 Å². The molecule has 37 heavy (non-hydrogen) atoms. The van der Waals surface area contributed by atoms with E-state index < -0.39 is 0 Å². The van der Waals surface area contributed by atoms with Crippen LogP contribution in [0.3, 0.4) is 0 Å². The van der Waals surface area contributed by atoms with Crippen LogP contribution in [0.1, 0.15) is 17.5 Å². The largest absolute Gasteiger partial charge is 0.497 e. The molecule has 0 aromatic heterocycles. The minimum absolute atomic E-state index is 0.631. The Balaban J connectivity index is 1.37. The summed E-state index contributed by atoms with van der Waals surface area (Å²) in [7, 11) is 5.01. The summed E-state index contributed by atoms with van der Waals surface area (Å²) < 4.78 is 22.8. The molecule has 0 radical (unpaired) electrons. The van der Waals surface area contributed by atoms with Crippen LogP contribution in [0.2, 0.25) is 0 Å².